The van der Waals surface area contributed by atoms with Gasteiger partial charge in [-0.25, -0.2) is 18.4 Å². The van der Waals surface area contributed by atoms with Crippen molar-refractivity contribution in [2.75, 3.05) is 11.9 Å². The third-order valence-corrected chi connectivity index (χ3v) is 5.04. The number of H-pyrrole nitrogens is 1. The molecule has 1 amide bonds. The molecule has 28 heavy (non-hydrogen) atoms. The number of esters is 1. The first-order valence-electron chi connectivity index (χ1n) is 8.33. The number of rotatable bonds is 5. The molecule has 146 valence electrons. The van der Waals surface area contributed by atoms with E-state index in [0.29, 0.717) is 5.69 Å². The second-order valence-electron chi connectivity index (χ2n) is 6.42. The van der Waals surface area contributed by atoms with E-state index < -0.39 is 28.5 Å². The van der Waals surface area contributed by atoms with Gasteiger partial charge in [-0.3, -0.25) is 4.79 Å². The standard InChI is InChI=1S/C19H19N3O5S/c1-11-7-12(2)15-9-17(22-16(15)8-11)19(24)27-10-18(23)21-13-3-5-14(6-4-13)28(20,25)26/h3-9,22H,10H2,1-2H3,(H,21,23)(H2,20,25,26). The molecule has 0 aliphatic carbocycles. The van der Waals surface area contributed by atoms with Gasteiger partial charge in [-0.05, 0) is 61.4 Å². The van der Waals surface area contributed by atoms with Crippen LogP contribution in [0.15, 0.2) is 47.4 Å². The first-order valence-corrected chi connectivity index (χ1v) is 9.88. The summed E-state index contributed by atoms with van der Waals surface area (Å²) in [6.07, 6.45) is 0. The minimum Gasteiger partial charge on any atom is -0.451 e. The highest BCUT2D eigenvalue weighted by Gasteiger charge is 2.15. The normalized spacial score (nSPS) is 11.4. The number of aryl methyl sites for hydroxylation is 2. The summed E-state index contributed by atoms with van der Waals surface area (Å²) >= 11 is 0. The van der Waals surface area contributed by atoms with Gasteiger partial charge in [0, 0.05) is 16.6 Å². The van der Waals surface area contributed by atoms with Gasteiger partial charge < -0.3 is 15.0 Å². The quantitative estimate of drug-likeness (QED) is 0.564. The highest BCUT2D eigenvalue weighted by atomic mass is 32.2. The van der Waals surface area contributed by atoms with Crippen LogP contribution >= 0.6 is 0 Å². The number of anilines is 1. The Hall–Kier alpha value is -3.17. The summed E-state index contributed by atoms with van der Waals surface area (Å²) in [5, 5.41) is 8.44. The molecule has 9 heteroatoms. The topological polar surface area (TPSA) is 131 Å². The average Bonchev–Trinajstić information content (AvgIpc) is 3.04. The van der Waals surface area contributed by atoms with Crippen LogP contribution in [-0.2, 0) is 19.6 Å². The molecule has 0 saturated heterocycles. The lowest BCUT2D eigenvalue weighted by molar-refractivity contribution is -0.119. The summed E-state index contributed by atoms with van der Waals surface area (Å²) in [6.45, 7) is 3.43. The molecule has 8 nitrogen and oxygen atoms in total. The van der Waals surface area contributed by atoms with E-state index in [2.05, 4.69) is 10.3 Å². The Bertz CT molecular complexity index is 1160. The Morgan fingerprint density at radius 2 is 1.79 bits per heavy atom. The van der Waals surface area contributed by atoms with Gasteiger partial charge in [0.2, 0.25) is 10.0 Å². The number of aromatic nitrogens is 1. The molecule has 3 rings (SSSR count). The second kappa shape index (κ2) is 7.45. The third-order valence-electron chi connectivity index (χ3n) is 4.11. The first kappa shape index (κ1) is 19.6. The number of primary sulfonamides is 1. The van der Waals surface area contributed by atoms with Gasteiger partial charge in [0.05, 0.1) is 4.90 Å². The maximum absolute atomic E-state index is 12.2. The molecule has 2 aromatic carbocycles. The summed E-state index contributed by atoms with van der Waals surface area (Å²) in [6, 6.07) is 11.0. The molecule has 0 aliphatic rings. The van der Waals surface area contributed by atoms with E-state index in [-0.39, 0.29) is 10.6 Å². The Balaban J connectivity index is 1.61. The van der Waals surface area contributed by atoms with E-state index >= 15 is 0 Å². The van der Waals surface area contributed by atoms with Gasteiger partial charge in [-0.2, -0.15) is 0 Å². The number of carbonyl (C=O) groups excluding carboxylic acids is 2. The van der Waals surface area contributed by atoms with Gasteiger partial charge in [0.1, 0.15) is 5.69 Å². The van der Waals surface area contributed by atoms with Crippen molar-refractivity contribution in [1.82, 2.24) is 4.98 Å². The van der Waals surface area contributed by atoms with Crippen LogP contribution in [0.2, 0.25) is 0 Å². The predicted octanol–water partition coefficient (Wildman–Crippen LogP) is 2.23. The average molecular weight is 401 g/mol. The monoisotopic (exact) mass is 401 g/mol. The molecule has 0 saturated carbocycles. The Kier molecular flexibility index (Phi) is 5.21. The number of fused-ring (bicyclic) bond motifs is 1. The van der Waals surface area contributed by atoms with Gasteiger partial charge in [-0.15, -0.1) is 0 Å². The number of amides is 1. The van der Waals surface area contributed by atoms with Crippen LogP contribution in [0.1, 0.15) is 21.6 Å². The molecule has 0 aliphatic heterocycles. The number of nitrogens with one attached hydrogen (secondary N) is 2. The van der Waals surface area contributed by atoms with Gasteiger partial charge in [0.25, 0.3) is 5.91 Å². The summed E-state index contributed by atoms with van der Waals surface area (Å²) in [5.41, 5.74) is 3.54. The van der Waals surface area contributed by atoms with E-state index in [1.54, 1.807) is 6.07 Å². The number of hydrogen-bond donors (Lipinski definition) is 3. The fourth-order valence-electron chi connectivity index (χ4n) is 2.84. The van der Waals surface area contributed by atoms with E-state index in [1.165, 1.54) is 24.3 Å². The number of aromatic amines is 1. The highest BCUT2D eigenvalue weighted by molar-refractivity contribution is 7.89. The Morgan fingerprint density at radius 1 is 1.11 bits per heavy atom. The van der Waals surface area contributed by atoms with Crippen molar-refractivity contribution in [2.24, 2.45) is 5.14 Å². The molecule has 1 heterocycles. The van der Waals surface area contributed by atoms with Crippen molar-refractivity contribution in [3.8, 4) is 0 Å². The lowest BCUT2D eigenvalue weighted by Gasteiger charge is -2.06. The lowest BCUT2D eigenvalue weighted by Crippen LogP contribution is -2.21. The van der Waals surface area contributed by atoms with Crippen molar-refractivity contribution in [1.29, 1.82) is 0 Å². The largest absolute Gasteiger partial charge is 0.451 e. The summed E-state index contributed by atoms with van der Waals surface area (Å²) in [7, 11) is -3.80. The van der Waals surface area contributed by atoms with E-state index in [1.807, 2.05) is 26.0 Å². The van der Waals surface area contributed by atoms with Gasteiger partial charge in [-0.1, -0.05) is 6.07 Å². The minimum absolute atomic E-state index is 0.0683. The Morgan fingerprint density at radius 3 is 2.43 bits per heavy atom. The van der Waals surface area contributed by atoms with Gasteiger partial charge in [0.15, 0.2) is 6.61 Å². The predicted molar refractivity (Wildman–Crippen MR) is 105 cm³/mol. The molecule has 0 atom stereocenters. The SMILES string of the molecule is Cc1cc(C)c2cc(C(=O)OCC(=O)Nc3ccc(S(N)(=O)=O)cc3)[nH]c2c1. The summed E-state index contributed by atoms with van der Waals surface area (Å²) in [4.78, 5) is 27.1. The van der Waals surface area contributed by atoms with Crippen molar-refractivity contribution in [3.05, 3.63) is 59.3 Å². The fraction of sp³-hybridized carbons (Fsp3) is 0.158. The zero-order chi connectivity index (χ0) is 20.5. The van der Waals surface area contributed by atoms with E-state index in [9.17, 15) is 18.0 Å². The molecule has 0 spiro atoms. The fourth-order valence-corrected chi connectivity index (χ4v) is 3.36. The van der Waals surface area contributed by atoms with Crippen LogP contribution in [0.4, 0.5) is 5.69 Å². The molecule has 0 radical (unpaired) electrons. The molecule has 0 bridgehead atoms. The number of carbonyl (C=O) groups is 2. The van der Waals surface area contributed by atoms with Gasteiger partial charge >= 0.3 is 5.97 Å². The molecule has 3 aromatic rings. The molecule has 1 aromatic heterocycles. The molecular formula is C19H19N3O5S. The highest BCUT2D eigenvalue weighted by Crippen LogP contribution is 2.22. The van der Waals surface area contributed by atoms with Crippen LogP contribution in [0.3, 0.4) is 0 Å². The number of benzene rings is 2. The molecule has 0 fully saturated rings. The number of hydrogen-bond acceptors (Lipinski definition) is 5. The van der Waals surface area contributed by atoms with Crippen molar-refractivity contribution in [3.63, 3.8) is 0 Å². The summed E-state index contributed by atoms with van der Waals surface area (Å²) in [5.74, 6) is -1.20. The first-order chi connectivity index (χ1) is 13.1. The van der Waals surface area contributed by atoms with Crippen LogP contribution in [-0.4, -0.2) is 31.9 Å². The minimum atomic E-state index is -3.80. The van der Waals surface area contributed by atoms with Crippen molar-refractivity contribution in [2.45, 2.75) is 18.7 Å². The molecular weight excluding hydrogens is 382 g/mol. The van der Waals surface area contributed by atoms with Crippen LogP contribution in [0.5, 0.6) is 0 Å². The zero-order valence-corrected chi connectivity index (χ0v) is 16.1. The zero-order valence-electron chi connectivity index (χ0n) is 15.3. The second-order valence-corrected chi connectivity index (χ2v) is 7.98. The third kappa shape index (κ3) is 4.38. The molecule has 0 unspecified atom stereocenters. The smallest absolute Gasteiger partial charge is 0.355 e. The number of nitrogens with two attached hydrogens (primary N) is 1. The summed E-state index contributed by atoms with van der Waals surface area (Å²) < 4.78 is 27.5. The van der Waals surface area contributed by atoms with Crippen LogP contribution in [0, 0.1) is 13.8 Å². The number of ether oxygens (including phenoxy) is 1. The van der Waals surface area contributed by atoms with E-state index in [0.717, 1.165) is 22.0 Å². The Labute approximate surface area is 161 Å². The molecule has 4 N–H and O–H groups in total. The van der Waals surface area contributed by atoms with E-state index in [4.69, 9.17) is 9.88 Å². The van der Waals surface area contributed by atoms with Crippen molar-refractivity contribution < 1.29 is 22.7 Å². The van der Waals surface area contributed by atoms with Crippen LogP contribution < -0.4 is 10.5 Å². The maximum atomic E-state index is 12.2. The number of sulfonamides is 1. The maximum Gasteiger partial charge on any atom is 0.355 e. The van der Waals surface area contributed by atoms with Crippen molar-refractivity contribution >= 4 is 38.5 Å². The van der Waals surface area contributed by atoms with Crippen LogP contribution in [0.25, 0.3) is 10.9 Å². The lowest BCUT2D eigenvalue weighted by atomic mass is 10.1.